The minimum absolute atomic E-state index is 0.0511. The van der Waals surface area contributed by atoms with Crippen molar-refractivity contribution in [2.45, 2.75) is 20.0 Å². The molecule has 0 saturated carbocycles. The highest BCUT2D eigenvalue weighted by Crippen LogP contribution is 2.32. The summed E-state index contributed by atoms with van der Waals surface area (Å²) >= 11 is 0. The molecule has 0 bridgehead atoms. The Balaban J connectivity index is 2.20. The number of ketones is 1. The number of rotatable bonds is 6. The number of aliphatic hydroxyl groups is 1. The third kappa shape index (κ3) is 3.61. The van der Waals surface area contributed by atoms with Gasteiger partial charge in [-0.15, -0.1) is 0 Å². The Hall–Kier alpha value is -2.33. The van der Waals surface area contributed by atoms with Gasteiger partial charge in [0.25, 0.3) is 0 Å². The van der Waals surface area contributed by atoms with Crippen LogP contribution in [0, 0.1) is 0 Å². The zero-order valence-electron chi connectivity index (χ0n) is 12.1. The van der Waals surface area contributed by atoms with E-state index in [1.54, 1.807) is 49.6 Å². The Morgan fingerprint density at radius 3 is 2.38 bits per heavy atom. The van der Waals surface area contributed by atoms with Gasteiger partial charge >= 0.3 is 0 Å². The number of aliphatic hydroxyl groups excluding tert-OH is 1. The number of hydrogen-bond acceptors (Lipinski definition) is 4. The van der Waals surface area contributed by atoms with Crippen LogP contribution >= 0.6 is 0 Å². The topological polar surface area (TPSA) is 55.8 Å². The van der Waals surface area contributed by atoms with Crippen LogP contribution in [-0.4, -0.2) is 18.0 Å². The van der Waals surface area contributed by atoms with Crippen molar-refractivity contribution < 1.29 is 19.4 Å². The van der Waals surface area contributed by atoms with E-state index in [1.165, 1.54) is 0 Å². The van der Waals surface area contributed by atoms with Crippen molar-refractivity contribution in [3.63, 3.8) is 0 Å². The normalized spacial score (nSPS) is 10.2. The van der Waals surface area contributed by atoms with E-state index in [9.17, 15) is 4.79 Å². The number of Topliss-reactive ketones (excluding diaryl/α,β-unsaturated/α-hetero) is 1. The number of benzene rings is 2. The van der Waals surface area contributed by atoms with Gasteiger partial charge in [-0.05, 0) is 42.0 Å². The van der Waals surface area contributed by atoms with E-state index in [1.807, 2.05) is 6.92 Å². The molecular formula is C17H18O4. The molecule has 0 heterocycles. The Labute approximate surface area is 123 Å². The van der Waals surface area contributed by atoms with Crippen molar-refractivity contribution in [3.05, 3.63) is 53.6 Å². The molecule has 0 radical (unpaired) electrons. The molecule has 2 aromatic carbocycles. The summed E-state index contributed by atoms with van der Waals surface area (Å²) in [6, 6.07) is 12.2. The van der Waals surface area contributed by atoms with Crippen LogP contribution < -0.4 is 9.47 Å². The standard InChI is InChI=1S/C17H18O4/c1-3-15(19)13-5-7-14(8-6-13)21-16-9-4-12(11-18)10-17(16)20-2/h4-10,18H,3,11H2,1-2H3. The fraction of sp³-hybridized carbons (Fsp3) is 0.235. The van der Waals surface area contributed by atoms with E-state index >= 15 is 0 Å². The van der Waals surface area contributed by atoms with Crippen molar-refractivity contribution in [1.82, 2.24) is 0 Å². The molecule has 0 unspecified atom stereocenters. The third-order valence-corrected chi connectivity index (χ3v) is 3.14. The Morgan fingerprint density at radius 2 is 1.81 bits per heavy atom. The molecule has 1 N–H and O–H groups in total. The number of ether oxygens (including phenoxy) is 2. The molecule has 0 aromatic heterocycles. The predicted octanol–water partition coefficient (Wildman–Crippen LogP) is 3.57. The smallest absolute Gasteiger partial charge is 0.169 e. The van der Waals surface area contributed by atoms with Gasteiger partial charge in [0, 0.05) is 12.0 Å². The summed E-state index contributed by atoms with van der Waals surface area (Å²) in [5, 5.41) is 9.12. The molecule has 4 nitrogen and oxygen atoms in total. The molecule has 21 heavy (non-hydrogen) atoms. The van der Waals surface area contributed by atoms with Crippen LogP contribution in [0.15, 0.2) is 42.5 Å². The average Bonchev–Trinajstić information content (AvgIpc) is 2.55. The van der Waals surface area contributed by atoms with Crippen LogP contribution in [-0.2, 0) is 6.61 Å². The van der Waals surface area contributed by atoms with E-state index in [4.69, 9.17) is 14.6 Å². The van der Waals surface area contributed by atoms with Crippen LogP contribution in [0.25, 0.3) is 0 Å². The highest BCUT2D eigenvalue weighted by Gasteiger charge is 2.08. The van der Waals surface area contributed by atoms with Gasteiger partial charge in [0.1, 0.15) is 5.75 Å². The quantitative estimate of drug-likeness (QED) is 0.825. The van der Waals surface area contributed by atoms with Crippen molar-refractivity contribution >= 4 is 5.78 Å². The van der Waals surface area contributed by atoms with E-state index in [-0.39, 0.29) is 12.4 Å². The molecule has 0 amide bonds. The minimum atomic E-state index is -0.0511. The molecule has 0 spiro atoms. The van der Waals surface area contributed by atoms with E-state index < -0.39 is 0 Å². The average molecular weight is 286 g/mol. The fourth-order valence-electron chi connectivity index (χ4n) is 1.93. The molecule has 0 aliphatic rings. The summed E-state index contributed by atoms with van der Waals surface area (Å²) in [5.41, 5.74) is 1.43. The van der Waals surface area contributed by atoms with Gasteiger partial charge in [-0.2, -0.15) is 0 Å². The zero-order chi connectivity index (χ0) is 15.2. The summed E-state index contributed by atoms with van der Waals surface area (Å²) in [5.74, 6) is 1.84. The van der Waals surface area contributed by atoms with Gasteiger partial charge in [-0.1, -0.05) is 13.0 Å². The lowest BCUT2D eigenvalue weighted by atomic mass is 10.1. The second-order valence-electron chi connectivity index (χ2n) is 4.55. The van der Waals surface area contributed by atoms with Crippen LogP contribution in [0.4, 0.5) is 0 Å². The lowest BCUT2D eigenvalue weighted by molar-refractivity contribution is 0.0988. The highest BCUT2D eigenvalue weighted by molar-refractivity contribution is 5.95. The number of carbonyl (C=O) groups excluding carboxylic acids is 1. The van der Waals surface area contributed by atoms with E-state index in [0.29, 0.717) is 29.2 Å². The molecule has 0 aliphatic carbocycles. The largest absolute Gasteiger partial charge is 0.493 e. The Kier molecular flexibility index (Phi) is 4.95. The van der Waals surface area contributed by atoms with Crippen molar-refractivity contribution in [3.8, 4) is 17.2 Å². The molecule has 4 heteroatoms. The summed E-state index contributed by atoms with van der Waals surface area (Å²) in [6.07, 6.45) is 0.483. The number of hydrogen-bond donors (Lipinski definition) is 1. The first-order chi connectivity index (χ1) is 10.2. The molecule has 0 saturated heterocycles. The van der Waals surface area contributed by atoms with Gasteiger partial charge in [-0.25, -0.2) is 0 Å². The van der Waals surface area contributed by atoms with Crippen molar-refractivity contribution in [2.24, 2.45) is 0 Å². The van der Waals surface area contributed by atoms with E-state index in [2.05, 4.69) is 0 Å². The van der Waals surface area contributed by atoms with Gasteiger partial charge in [0.15, 0.2) is 17.3 Å². The van der Waals surface area contributed by atoms with Crippen LogP contribution in [0.2, 0.25) is 0 Å². The summed E-state index contributed by atoms with van der Waals surface area (Å²) in [7, 11) is 1.55. The zero-order valence-corrected chi connectivity index (χ0v) is 12.1. The van der Waals surface area contributed by atoms with E-state index in [0.717, 1.165) is 5.56 Å². The molecule has 0 aliphatic heterocycles. The second-order valence-corrected chi connectivity index (χ2v) is 4.55. The van der Waals surface area contributed by atoms with Crippen molar-refractivity contribution in [1.29, 1.82) is 0 Å². The van der Waals surface area contributed by atoms with Crippen LogP contribution in [0.3, 0.4) is 0 Å². The van der Waals surface area contributed by atoms with Gasteiger partial charge < -0.3 is 14.6 Å². The lowest BCUT2D eigenvalue weighted by Crippen LogP contribution is -1.96. The molecule has 2 rings (SSSR count). The summed E-state index contributed by atoms with van der Waals surface area (Å²) < 4.78 is 11.0. The number of methoxy groups -OCH3 is 1. The Bertz CT molecular complexity index is 617. The maximum absolute atomic E-state index is 11.6. The molecule has 0 fully saturated rings. The lowest BCUT2D eigenvalue weighted by Gasteiger charge is -2.11. The maximum atomic E-state index is 11.6. The monoisotopic (exact) mass is 286 g/mol. The maximum Gasteiger partial charge on any atom is 0.169 e. The van der Waals surface area contributed by atoms with Gasteiger partial charge in [-0.3, -0.25) is 4.79 Å². The predicted molar refractivity (Wildman–Crippen MR) is 80.1 cm³/mol. The van der Waals surface area contributed by atoms with Crippen molar-refractivity contribution in [2.75, 3.05) is 7.11 Å². The molecule has 110 valence electrons. The highest BCUT2D eigenvalue weighted by atomic mass is 16.5. The first-order valence-electron chi connectivity index (χ1n) is 6.76. The van der Waals surface area contributed by atoms with Crippen LogP contribution in [0.1, 0.15) is 29.3 Å². The van der Waals surface area contributed by atoms with Crippen LogP contribution in [0.5, 0.6) is 17.2 Å². The molecule has 0 atom stereocenters. The number of carbonyl (C=O) groups is 1. The second kappa shape index (κ2) is 6.90. The van der Waals surface area contributed by atoms with Gasteiger partial charge in [0.2, 0.25) is 0 Å². The first-order valence-corrected chi connectivity index (χ1v) is 6.76. The minimum Gasteiger partial charge on any atom is -0.493 e. The first kappa shape index (κ1) is 15.1. The SMILES string of the molecule is CCC(=O)c1ccc(Oc2ccc(CO)cc2OC)cc1. The van der Waals surface area contributed by atoms with Gasteiger partial charge in [0.05, 0.1) is 13.7 Å². The fourth-order valence-corrected chi connectivity index (χ4v) is 1.93. The third-order valence-electron chi connectivity index (χ3n) is 3.14. The molecule has 2 aromatic rings. The Morgan fingerprint density at radius 1 is 1.10 bits per heavy atom. The molecular weight excluding hydrogens is 268 g/mol. The summed E-state index contributed by atoms with van der Waals surface area (Å²) in [4.78, 5) is 11.6. The summed E-state index contributed by atoms with van der Waals surface area (Å²) in [6.45, 7) is 1.78.